The van der Waals surface area contributed by atoms with Crippen molar-refractivity contribution in [3.63, 3.8) is 0 Å². The summed E-state index contributed by atoms with van der Waals surface area (Å²) < 4.78 is 4.50. The van der Waals surface area contributed by atoms with Crippen LogP contribution < -0.4 is 0 Å². The second-order valence-electron chi connectivity index (χ2n) is 4.28. The molecule has 18 heavy (non-hydrogen) atoms. The van der Waals surface area contributed by atoms with Gasteiger partial charge in [-0.15, -0.1) is 0 Å². The Morgan fingerprint density at radius 1 is 0.889 bits per heavy atom. The predicted octanol–water partition coefficient (Wildman–Crippen LogP) is 5.21. The van der Waals surface area contributed by atoms with Crippen LogP contribution in [0.25, 0.3) is 10.9 Å². The summed E-state index contributed by atoms with van der Waals surface area (Å²) in [5.74, 6) is 0. The second-order valence-corrected chi connectivity index (χ2v) is 6.11. The normalized spacial score (nSPS) is 11.0. The van der Waals surface area contributed by atoms with E-state index in [9.17, 15) is 0 Å². The van der Waals surface area contributed by atoms with Gasteiger partial charge in [0.2, 0.25) is 0 Å². The topological polar surface area (TPSA) is 4.93 Å². The number of halogens is 2. The molecular formula is C15H11Br2N. The first kappa shape index (κ1) is 12.0. The Morgan fingerprint density at radius 3 is 2.56 bits per heavy atom. The van der Waals surface area contributed by atoms with Crippen LogP contribution in [0.2, 0.25) is 0 Å². The summed E-state index contributed by atoms with van der Waals surface area (Å²) in [6, 6.07) is 16.9. The van der Waals surface area contributed by atoms with Crippen molar-refractivity contribution < 1.29 is 0 Å². The summed E-state index contributed by atoms with van der Waals surface area (Å²) in [5.41, 5.74) is 2.55. The molecule has 0 atom stereocenters. The highest BCUT2D eigenvalue weighted by Crippen LogP contribution is 2.22. The summed E-state index contributed by atoms with van der Waals surface area (Å²) in [6.07, 6.45) is 2.14. The first-order chi connectivity index (χ1) is 8.72. The summed E-state index contributed by atoms with van der Waals surface area (Å²) in [6.45, 7) is 0.888. The molecule has 3 aromatic rings. The summed E-state index contributed by atoms with van der Waals surface area (Å²) in [5, 5.41) is 1.27. The van der Waals surface area contributed by atoms with Gasteiger partial charge in [-0.3, -0.25) is 0 Å². The quantitative estimate of drug-likeness (QED) is 0.587. The van der Waals surface area contributed by atoms with Crippen LogP contribution in [0, 0.1) is 0 Å². The fourth-order valence-electron chi connectivity index (χ4n) is 2.13. The minimum atomic E-state index is 0.888. The van der Waals surface area contributed by atoms with E-state index in [0.717, 1.165) is 15.5 Å². The minimum absolute atomic E-state index is 0.888. The van der Waals surface area contributed by atoms with E-state index in [0.29, 0.717) is 0 Å². The molecule has 0 saturated heterocycles. The Balaban J connectivity index is 2.02. The van der Waals surface area contributed by atoms with Crippen molar-refractivity contribution >= 4 is 42.8 Å². The molecule has 0 spiro atoms. The fraction of sp³-hybridized carbons (Fsp3) is 0.0667. The Labute approximate surface area is 123 Å². The zero-order chi connectivity index (χ0) is 12.5. The molecule has 0 aliphatic heterocycles. The van der Waals surface area contributed by atoms with E-state index in [4.69, 9.17) is 0 Å². The van der Waals surface area contributed by atoms with Crippen molar-refractivity contribution in [2.45, 2.75) is 6.54 Å². The zero-order valence-electron chi connectivity index (χ0n) is 9.61. The summed E-state index contributed by atoms with van der Waals surface area (Å²) >= 11 is 7.04. The number of rotatable bonds is 2. The molecule has 0 radical (unpaired) electrons. The Morgan fingerprint density at radius 2 is 1.72 bits per heavy atom. The number of benzene rings is 2. The molecule has 2 aromatic carbocycles. The average Bonchev–Trinajstić information content (AvgIpc) is 2.72. The van der Waals surface area contributed by atoms with Gasteiger partial charge in [-0.1, -0.05) is 50.1 Å². The lowest BCUT2D eigenvalue weighted by Crippen LogP contribution is -1.97. The summed E-state index contributed by atoms with van der Waals surface area (Å²) in [7, 11) is 0. The van der Waals surface area contributed by atoms with Crippen LogP contribution in [0.5, 0.6) is 0 Å². The van der Waals surface area contributed by atoms with E-state index in [-0.39, 0.29) is 0 Å². The van der Waals surface area contributed by atoms with Crippen LogP contribution >= 0.6 is 31.9 Å². The van der Waals surface area contributed by atoms with E-state index in [1.165, 1.54) is 16.5 Å². The van der Waals surface area contributed by atoms with Gasteiger partial charge in [0.05, 0.1) is 0 Å². The summed E-state index contributed by atoms with van der Waals surface area (Å²) in [4.78, 5) is 0. The van der Waals surface area contributed by atoms with Crippen molar-refractivity contribution in [2.24, 2.45) is 0 Å². The third-order valence-corrected chi connectivity index (χ3v) is 3.96. The van der Waals surface area contributed by atoms with Gasteiger partial charge in [0.25, 0.3) is 0 Å². The highest BCUT2D eigenvalue weighted by molar-refractivity contribution is 9.10. The van der Waals surface area contributed by atoms with Crippen LogP contribution in [0.15, 0.2) is 63.7 Å². The Bertz CT molecular complexity index is 701. The zero-order valence-corrected chi connectivity index (χ0v) is 12.8. The first-order valence-corrected chi connectivity index (χ1v) is 7.30. The fourth-order valence-corrected chi connectivity index (χ4v) is 2.92. The van der Waals surface area contributed by atoms with Gasteiger partial charge in [0, 0.05) is 27.2 Å². The molecular weight excluding hydrogens is 354 g/mol. The maximum Gasteiger partial charge on any atom is 0.0494 e. The van der Waals surface area contributed by atoms with E-state index >= 15 is 0 Å². The largest absolute Gasteiger partial charge is 0.343 e. The number of aromatic nitrogens is 1. The highest BCUT2D eigenvalue weighted by Gasteiger charge is 2.02. The molecule has 0 bridgehead atoms. The third kappa shape index (κ3) is 2.38. The van der Waals surface area contributed by atoms with E-state index in [1.807, 2.05) is 6.07 Å². The van der Waals surface area contributed by atoms with Gasteiger partial charge in [0.15, 0.2) is 0 Å². The van der Waals surface area contributed by atoms with E-state index in [1.54, 1.807) is 0 Å². The van der Waals surface area contributed by atoms with Crippen molar-refractivity contribution in [1.29, 1.82) is 0 Å². The molecule has 90 valence electrons. The predicted molar refractivity (Wildman–Crippen MR) is 82.9 cm³/mol. The van der Waals surface area contributed by atoms with Gasteiger partial charge in [0.1, 0.15) is 0 Å². The molecule has 0 N–H and O–H groups in total. The molecule has 3 rings (SSSR count). The third-order valence-electron chi connectivity index (χ3n) is 2.98. The molecule has 0 amide bonds. The number of hydrogen-bond donors (Lipinski definition) is 0. The van der Waals surface area contributed by atoms with Gasteiger partial charge < -0.3 is 4.57 Å². The molecule has 0 saturated carbocycles. The average molecular weight is 365 g/mol. The van der Waals surface area contributed by atoms with Crippen molar-refractivity contribution in [1.82, 2.24) is 4.57 Å². The molecule has 1 heterocycles. The van der Waals surface area contributed by atoms with Crippen LogP contribution in [-0.2, 0) is 6.54 Å². The van der Waals surface area contributed by atoms with Crippen molar-refractivity contribution in [2.75, 3.05) is 0 Å². The van der Waals surface area contributed by atoms with Crippen molar-refractivity contribution in [3.05, 3.63) is 69.2 Å². The van der Waals surface area contributed by atoms with Gasteiger partial charge in [-0.25, -0.2) is 0 Å². The van der Waals surface area contributed by atoms with Crippen LogP contribution in [0.4, 0.5) is 0 Å². The molecule has 0 unspecified atom stereocenters. The maximum atomic E-state index is 3.53. The monoisotopic (exact) mass is 363 g/mol. The van der Waals surface area contributed by atoms with E-state index in [2.05, 4.69) is 85.1 Å². The SMILES string of the molecule is Brc1cccc(Cn2ccc3ccc(Br)cc32)c1. The number of fused-ring (bicyclic) bond motifs is 1. The van der Waals surface area contributed by atoms with Crippen LogP contribution in [-0.4, -0.2) is 4.57 Å². The molecule has 0 fully saturated rings. The molecule has 0 aliphatic carbocycles. The van der Waals surface area contributed by atoms with Gasteiger partial charge in [-0.05, 0) is 41.3 Å². The standard InChI is InChI=1S/C15H11Br2N/c16-13-3-1-2-11(8-13)10-18-7-6-12-4-5-14(17)9-15(12)18/h1-9H,10H2. The highest BCUT2D eigenvalue weighted by atomic mass is 79.9. The van der Waals surface area contributed by atoms with E-state index < -0.39 is 0 Å². The second kappa shape index (κ2) is 4.90. The number of nitrogens with zero attached hydrogens (tertiary/aromatic N) is 1. The first-order valence-electron chi connectivity index (χ1n) is 5.71. The Kier molecular flexibility index (Phi) is 3.27. The van der Waals surface area contributed by atoms with Crippen molar-refractivity contribution in [3.8, 4) is 0 Å². The minimum Gasteiger partial charge on any atom is -0.343 e. The lowest BCUT2D eigenvalue weighted by atomic mass is 10.2. The van der Waals surface area contributed by atoms with Crippen LogP contribution in [0.1, 0.15) is 5.56 Å². The molecule has 1 nitrogen and oxygen atoms in total. The lowest BCUT2D eigenvalue weighted by molar-refractivity contribution is 0.836. The molecule has 3 heteroatoms. The van der Waals surface area contributed by atoms with Crippen LogP contribution in [0.3, 0.4) is 0 Å². The lowest BCUT2D eigenvalue weighted by Gasteiger charge is -2.06. The Hall–Kier alpha value is -1.06. The smallest absolute Gasteiger partial charge is 0.0494 e. The molecule has 1 aromatic heterocycles. The molecule has 0 aliphatic rings. The van der Waals surface area contributed by atoms with Gasteiger partial charge in [-0.2, -0.15) is 0 Å². The maximum absolute atomic E-state index is 3.53. The number of hydrogen-bond acceptors (Lipinski definition) is 0. The van der Waals surface area contributed by atoms with Gasteiger partial charge >= 0.3 is 0 Å².